The molecule has 0 saturated heterocycles. The van der Waals surface area contributed by atoms with Crippen molar-refractivity contribution in [1.82, 2.24) is 0 Å². The first-order chi connectivity index (χ1) is 8.88. The number of rotatable bonds is 2. The van der Waals surface area contributed by atoms with Crippen molar-refractivity contribution in [3.05, 3.63) is 68.7 Å². The summed E-state index contributed by atoms with van der Waals surface area (Å²) in [4.78, 5) is -0.354. The molecule has 0 aromatic heterocycles. The molecule has 2 aromatic carbocycles. The summed E-state index contributed by atoms with van der Waals surface area (Å²) in [6.45, 7) is 1.90. The molecule has 1 unspecified atom stereocenters. The second kappa shape index (κ2) is 5.78. The topological polar surface area (TPSA) is 0 Å². The second-order valence-corrected chi connectivity index (χ2v) is 5.97. The Morgan fingerprint density at radius 3 is 2.26 bits per heavy atom. The van der Waals surface area contributed by atoms with Crippen LogP contribution in [-0.2, 0) is 0 Å². The van der Waals surface area contributed by atoms with Crippen molar-refractivity contribution in [2.24, 2.45) is 0 Å². The summed E-state index contributed by atoms with van der Waals surface area (Å²) in [6, 6.07) is 7.54. The van der Waals surface area contributed by atoms with Gasteiger partial charge in [0.1, 0.15) is 0 Å². The van der Waals surface area contributed by atoms with Gasteiger partial charge in [-0.15, -0.1) is 0 Å². The fourth-order valence-electron chi connectivity index (χ4n) is 1.82. The molecule has 0 saturated carbocycles. The zero-order valence-corrected chi connectivity index (χ0v) is 13.0. The molecule has 100 valence electrons. The van der Waals surface area contributed by atoms with Crippen molar-refractivity contribution >= 4 is 39.1 Å². The van der Waals surface area contributed by atoms with Crippen LogP contribution in [-0.4, -0.2) is 0 Å². The Kier molecular flexibility index (Phi) is 4.49. The first-order valence-electron chi connectivity index (χ1n) is 5.44. The first kappa shape index (κ1) is 14.8. The second-order valence-electron chi connectivity index (χ2n) is 4.21. The molecule has 2 aromatic rings. The quantitative estimate of drug-likeness (QED) is 0.448. The Morgan fingerprint density at radius 2 is 1.63 bits per heavy atom. The molecular weight excluding hydrogens is 357 g/mol. The Hall–Kier alpha value is -0.640. The fourth-order valence-corrected chi connectivity index (χ4v) is 3.16. The van der Waals surface area contributed by atoms with E-state index in [9.17, 15) is 8.78 Å². The lowest BCUT2D eigenvalue weighted by molar-refractivity contribution is 0.507. The van der Waals surface area contributed by atoms with Crippen LogP contribution in [0.3, 0.4) is 0 Å². The van der Waals surface area contributed by atoms with E-state index in [-0.39, 0.29) is 9.85 Å². The predicted molar refractivity (Wildman–Crippen MR) is 78.3 cm³/mol. The standard InChI is InChI=1S/C14H9BrCl2F2/c1-7-2-8(4-9(16)3-7)14(15)10-5-12(18)13(19)6-11(10)17/h2-6,14H,1H3. The maximum absolute atomic E-state index is 13.3. The van der Waals surface area contributed by atoms with Crippen molar-refractivity contribution in [3.8, 4) is 0 Å². The molecule has 1 atom stereocenters. The maximum atomic E-state index is 13.3. The normalized spacial score (nSPS) is 12.5. The Morgan fingerprint density at radius 1 is 1.00 bits per heavy atom. The average Bonchev–Trinajstić information content (AvgIpc) is 2.31. The van der Waals surface area contributed by atoms with Gasteiger partial charge >= 0.3 is 0 Å². The lowest BCUT2D eigenvalue weighted by Crippen LogP contribution is -1.97. The summed E-state index contributed by atoms with van der Waals surface area (Å²) < 4.78 is 26.4. The number of benzene rings is 2. The Balaban J connectivity index is 2.49. The molecule has 19 heavy (non-hydrogen) atoms. The third-order valence-electron chi connectivity index (χ3n) is 2.67. The largest absolute Gasteiger partial charge is 0.204 e. The first-order valence-corrected chi connectivity index (χ1v) is 7.11. The van der Waals surface area contributed by atoms with Crippen LogP contribution in [0.5, 0.6) is 0 Å². The fraction of sp³-hybridized carbons (Fsp3) is 0.143. The van der Waals surface area contributed by atoms with Gasteiger partial charge in [0, 0.05) is 10.0 Å². The zero-order valence-electron chi connectivity index (χ0n) is 9.85. The minimum absolute atomic E-state index is 0.165. The van der Waals surface area contributed by atoms with Crippen LogP contribution >= 0.6 is 39.1 Å². The van der Waals surface area contributed by atoms with Gasteiger partial charge < -0.3 is 0 Å². The molecule has 0 N–H and O–H groups in total. The zero-order chi connectivity index (χ0) is 14.2. The lowest BCUT2D eigenvalue weighted by Gasteiger charge is -2.14. The number of hydrogen-bond acceptors (Lipinski definition) is 0. The average molecular weight is 366 g/mol. The molecule has 0 amide bonds. The summed E-state index contributed by atoms with van der Waals surface area (Å²) in [6.07, 6.45) is 0. The highest BCUT2D eigenvalue weighted by atomic mass is 79.9. The van der Waals surface area contributed by atoms with Crippen LogP contribution in [0.15, 0.2) is 30.3 Å². The smallest absolute Gasteiger partial charge is 0.160 e. The van der Waals surface area contributed by atoms with Crippen LogP contribution in [0.1, 0.15) is 21.5 Å². The van der Waals surface area contributed by atoms with Crippen molar-refractivity contribution in [1.29, 1.82) is 0 Å². The van der Waals surface area contributed by atoms with Gasteiger partial charge in [-0.2, -0.15) is 0 Å². The molecule has 0 heterocycles. The van der Waals surface area contributed by atoms with Gasteiger partial charge in [-0.25, -0.2) is 8.78 Å². The van der Waals surface area contributed by atoms with Crippen LogP contribution < -0.4 is 0 Å². The third-order valence-corrected chi connectivity index (χ3v) is 4.24. The Bertz CT molecular complexity index is 609. The highest BCUT2D eigenvalue weighted by Gasteiger charge is 2.17. The van der Waals surface area contributed by atoms with E-state index in [1.54, 1.807) is 6.07 Å². The van der Waals surface area contributed by atoms with Crippen LogP contribution in [0, 0.1) is 18.6 Å². The van der Waals surface area contributed by atoms with Crippen LogP contribution in [0.2, 0.25) is 10.0 Å². The number of hydrogen-bond donors (Lipinski definition) is 0. The van der Waals surface area contributed by atoms with Gasteiger partial charge in [-0.3, -0.25) is 0 Å². The highest BCUT2D eigenvalue weighted by molar-refractivity contribution is 9.09. The minimum Gasteiger partial charge on any atom is -0.204 e. The Labute approximate surface area is 128 Å². The molecular formula is C14H9BrCl2F2. The molecule has 5 heteroatoms. The molecule has 0 nitrogen and oxygen atoms in total. The van der Waals surface area contributed by atoms with Crippen molar-refractivity contribution in [2.45, 2.75) is 11.8 Å². The van der Waals surface area contributed by atoms with E-state index in [1.165, 1.54) is 0 Å². The van der Waals surface area contributed by atoms with Gasteiger partial charge in [0.25, 0.3) is 0 Å². The number of alkyl halides is 1. The van der Waals surface area contributed by atoms with Gasteiger partial charge in [0.05, 0.1) is 4.83 Å². The number of halogens is 5. The van der Waals surface area contributed by atoms with Gasteiger partial charge in [-0.1, -0.05) is 45.2 Å². The molecule has 0 spiro atoms. The molecule has 0 bridgehead atoms. The predicted octanol–water partition coefficient (Wildman–Crippen LogP) is 6.06. The summed E-state index contributed by atoms with van der Waals surface area (Å²) in [5.74, 6) is -1.89. The van der Waals surface area contributed by atoms with Gasteiger partial charge in [0.15, 0.2) is 11.6 Å². The van der Waals surface area contributed by atoms with Crippen molar-refractivity contribution < 1.29 is 8.78 Å². The molecule has 0 aliphatic rings. The van der Waals surface area contributed by atoms with E-state index in [0.717, 1.165) is 23.3 Å². The number of aryl methyl sites for hydroxylation is 1. The summed E-state index contributed by atoms with van der Waals surface area (Å²) in [5, 5.41) is 0.747. The van der Waals surface area contributed by atoms with E-state index in [4.69, 9.17) is 23.2 Å². The van der Waals surface area contributed by atoms with Crippen LogP contribution in [0.4, 0.5) is 8.78 Å². The molecule has 0 fully saturated rings. The van der Waals surface area contributed by atoms with Crippen molar-refractivity contribution in [3.63, 3.8) is 0 Å². The summed E-state index contributed by atoms with van der Waals surface area (Å²) in [7, 11) is 0. The van der Waals surface area contributed by atoms with Gasteiger partial charge in [-0.05, 0) is 47.9 Å². The van der Waals surface area contributed by atoms with Gasteiger partial charge in [0.2, 0.25) is 0 Å². The van der Waals surface area contributed by atoms with E-state index in [1.807, 2.05) is 19.1 Å². The molecule has 0 aliphatic heterocycles. The monoisotopic (exact) mass is 364 g/mol. The molecule has 2 rings (SSSR count). The molecule has 0 radical (unpaired) electrons. The summed E-state index contributed by atoms with van der Waals surface area (Å²) >= 11 is 15.4. The lowest BCUT2D eigenvalue weighted by atomic mass is 10.0. The third kappa shape index (κ3) is 3.28. The maximum Gasteiger partial charge on any atom is 0.160 e. The van der Waals surface area contributed by atoms with Crippen LogP contribution in [0.25, 0.3) is 0 Å². The highest BCUT2D eigenvalue weighted by Crippen LogP contribution is 2.37. The van der Waals surface area contributed by atoms with E-state index >= 15 is 0 Å². The molecule has 0 aliphatic carbocycles. The minimum atomic E-state index is -0.962. The summed E-state index contributed by atoms with van der Waals surface area (Å²) in [5.41, 5.74) is 2.27. The van der Waals surface area contributed by atoms with E-state index in [2.05, 4.69) is 15.9 Å². The van der Waals surface area contributed by atoms with E-state index < -0.39 is 11.6 Å². The van der Waals surface area contributed by atoms with Crippen molar-refractivity contribution in [2.75, 3.05) is 0 Å². The van der Waals surface area contributed by atoms with E-state index in [0.29, 0.717) is 10.6 Å². The SMILES string of the molecule is Cc1cc(Cl)cc(C(Br)c2cc(F)c(F)cc2Cl)c1.